The van der Waals surface area contributed by atoms with E-state index in [0.29, 0.717) is 32.0 Å². The van der Waals surface area contributed by atoms with Gasteiger partial charge in [0.05, 0.1) is 19.3 Å². The minimum atomic E-state index is -0.263. The van der Waals surface area contributed by atoms with Crippen LogP contribution in [0.5, 0.6) is 0 Å². The molecule has 0 aromatic carbocycles. The van der Waals surface area contributed by atoms with Crippen molar-refractivity contribution in [2.45, 2.75) is 18.9 Å². The van der Waals surface area contributed by atoms with Gasteiger partial charge in [-0.2, -0.15) is 0 Å². The van der Waals surface area contributed by atoms with Gasteiger partial charge in [-0.25, -0.2) is 0 Å². The predicted octanol–water partition coefficient (Wildman–Crippen LogP) is 0.643. The third-order valence-electron chi connectivity index (χ3n) is 3.31. The molecule has 1 atom stereocenters. The Morgan fingerprint density at radius 1 is 1.45 bits per heavy atom. The number of hydrogen-bond acceptors (Lipinski definition) is 4. The summed E-state index contributed by atoms with van der Waals surface area (Å²) in [6.07, 6.45) is 1.89. The van der Waals surface area contributed by atoms with Crippen LogP contribution >= 0.6 is 0 Å². The topological polar surface area (TPSA) is 71.6 Å². The van der Waals surface area contributed by atoms with Gasteiger partial charge in [0, 0.05) is 26.3 Å². The Kier molecular flexibility index (Phi) is 5.31. The molecule has 1 fully saturated rings. The number of ether oxygens (including phenoxy) is 2. The van der Waals surface area contributed by atoms with Gasteiger partial charge in [-0.05, 0) is 18.9 Å². The highest BCUT2D eigenvalue weighted by Gasteiger charge is 2.25. The standard InChI is InChI=1S/C14H20N2O4/c1-19-8-9-20-11-4-3-7-16(10-11)14(18)12-5-2-6-13(17)15-12/h2,5-6,11H,3-4,7-10H2,1H3,(H,15,17). The van der Waals surface area contributed by atoms with Crippen LogP contribution in [-0.2, 0) is 9.47 Å². The number of aromatic nitrogens is 1. The maximum Gasteiger partial charge on any atom is 0.270 e. The second-order valence-corrected chi connectivity index (χ2v) is 4.81. The average molecular weight is 280 g/mol. The molecule has 0 spiro atoms. The summed E-state index contributed by atoms with van der Waals surface area (Å²) in [6.45, 7) is 2.33. The summed E-state index contributed by atoms with van der Waals surface area (Å²) in [4.78, 5) is 27.8. The molecule has 1 saturated heterocycles. The van der Waals surface area contributed by atoms with Gasteiger partial charge >= 0.3 is 0 Å². The molecule has 1 unspecified atom stereocenters. The molecule has 1 aromatic heterocycles. The van der Waals surface area contributed by atoms with Crippen LogP contribution in [0.2, 0.25) is 0 Å². The normalized spacial score (nSPS) is 19.1. The number of pyridine rings is 1. The zero-order valence-corrected chi connectivity index (χ0v) is 11.6. The lowest BCUT2D eigenvalue weighted by Gasteiger charge is -2.32. The highest BCUT2D eigenvalue weighted by molar-refractivity contribution is 5.92. The molecule has 2 heterocycles. The molecular formula is C14H20N2O4. The smallest absolute Gasteiger partial charge is 0.270 e. The van der Waals surface area contributed by atoms with Crippen molar-refractivity contribution in [2.24, 2.45) is 0 Å². The van der Waals surface area contributed by atoms with Crippen LogP contribution in [0, 0.1) is 0 Å². The average Bonchev–Trinajstić information content (AvgIpc) is 2.47. The molecule has 0 bridgehead atoms. The largest absolute Gasteiger partial charge is 0.382 e. The molecule has 6 heteroatoms. The quantitative estimate of drug-likeness (QED) is 0.804. The highest BCUT2D eigenvalue weighted by Crippen LogP contribution is 2.15. The summed E-state index contributed by atoms with van der Waals surface area (Å²) in [5.74, 6) is -0.150. The van der Waals surface area contributed by atoms with Crippen LogP contribution in [0.25, 0.3) is 0 Å². The lowest BCUT2D eigenvalue weighted by atomic mass is 10.1. The number of hydrogen-bond donors (Lipinski definition) is 1. The van der Waals surface area contributed by atoms with Gasteiger partial charge in [-0.15, -0.1) is 0 Å². The van der Waals surface area contributed by atoms with Gasteiger partial charge in [0.1, 0.15) is 5.69 Å². The number of nitrogens with one attached hydrogen (secondary N) is 1. The summed E-state index contributed by atoms with van der Waals surface area (Å²) in [7, 11) is 1.63. The first-order chi connectivity index (χ1) is 9.70. The van der Waals surface area contributed by atoms with E-state index in [9.17, 15) is 9.59 Å². The van der Waals surface area contributed by atoms with E-state index in [-0.39, 0.29) is 17.6 Å². The molecule has 2 rings (SSSR count). The van der Waals surface area contributed by atoms with Crippen molar-refractivity contribution in [2.75, 3.05) is 33.4 Å². The number of methoxy groups -OCH3 is 1. The maximum atomic E-state index is 12.3. The fourth-order valence-electron chi connectivity index (χ4n) is 2.30. The van der Waals surface area contributed by atoms with Crippen LogP contribution in [0.1, 0.15) is 23.3 Å². The van der Waals surface area contributed by atoms with E-state index >= 15 is 0 Å². The lowest BCUT2D eigenvalue weighted by Crippen LogP contribution is -2.44. The van der Waals surface area contributed by atoms with Crippen LogP contribution in [0.15, 0.2) is 23.0 Å². The molecule has 1 aromatic rings. The Bertz CT molecular complexity index is 500. The second-order valence-electron chi connectivity index (χ2n) is 4.81. The van der Waals surface area contributed by atoms with E-state index in [2.05, 4.69) is 4.98 Å². The van der Waals surface area contributed by atoms with Crippen molar-refractivity contribution in [1.82, 2.24) is 9.88 Å². The Hall–Kier alpha value is -1.66. The second kappa shape index (κ2) is 7.21. The Balaban J connectivity index is 1.94. The number of likely N-dealkylation sites (tertiary alicyclic amines) is 1. The minimum absolute atomic E-state index is 0.0401. The molecule has 0 aliphatic carbocycles. The first-order valence-electron chi connectivity index (χ1n) is 6.80. The van der Waals surface area contributed by atoms with Crippen molar-refractivity contribution < 1.29 is 14.3 Å². The molecular weight excluding hydrogens is 260 g/mol. The number of piperidine rings is 1. The maximum absolute atomic E-state index is 12.3. The van der Waals surface area contributed by atoms with Crippen molar-refractivity contribution in [3.05, 3.63) is 34.2 Å². The van der Waals surface area contributed by atoms with Gasteiger partial charge < -0.3 is 19.4 Å². The molecule has 1 aliphatic rings. The van der Waals surface area contributed by atoms with E-state index in [4.69, 9.17) is 9.47 Å². The van der Waals surface area contributed by atoms with E-state index < -0.39 is 0 Å². The molecule has 1 amide bonds. The molecule has 0 saturated carbocycles. The van der Waals surface area contributed by atoms with Crippen molar-refractivity contribution in [1.29, 1.82) is 0 Å². The van der Waals surface area contributed by atoms with Crippen LogP contribution in [0.4, 0.5) is 0 Å². The first-order valence-corrected chi connectivity index (χ1v) is 6.80. The van der Waals surface area contributed by atoms with Crippen LogP contribution in [0.3, 0.4) is 0 Å². The fraction of sp³-hybridized carbons (Fsp3) is 0.571. The van der Waals surface area contributed by atoms with Crippen molar-refractivity contribution >= 4 is 5.91 Å². The highest BCUT2D eigenvalue weighted by atomic mass is 16.5. The molecule has 1 aliphatic heterocycles. The number of carbonyl (C=O) groups excluding carboxylic acids is 1. The van der Waals surface area contributed by atoms with E-state index in [1.54, 1.807) is 24.1 Å². The van der Waals surface area contributed by atoms with Crippen molar-refractivity contribution in [3.8, 4) is 0 Å². The molecule has 110 valence electrons. The summed E-state index contributed by atoms with van der Waals surface area (Å²) in [5.41, 5.74) is 0.0656. The van der Waals surface area contributed by atoms with Gasteiger partial charge in [-0.3, -0.25) is 9.59 Å². The number of rotatable bonds is 5. The zero-order chi connectivity index (χ0) is 14.4. The number of carbonyl (C=O) groups is 1. The molecule has 6 nitrogen and oxygen atoms in total. The number of H-pyrrole nitrogens is 1. The zero-order valence-electron chi connectivity index (χ0n) is 11.6. The Morgan fingerprint density at radius 2 is 2.30 bits per heavy atom. The molecule has 0 radical (unpaired) electrons. The Labute approximate surface area is 117 Å². The predicted molar refractivity (Wildman–Crippen MR) is 73.8 cm³/mol. The number of nitrogens with zero attached hydrogens (tertiary/aromatic N) is 1. The number of amides is 1. The van der Waals surface area contributed by atoms with Crippen LogP contribution < -0.4 is 5.56 Å². The van der Waals surface area contributed by atoms with E-state index in [1.807, 2.05) is 0 Å². The van der Waals surface area contributed by atoms with Crippen LogP contribution in [-0.4, -0.2) is 55.3 Å². The minimum Gasteiger partial charge on any atom is -0.382 e. The van der Waals surface area contributed by atoms with Gasteiger partial charge in [0.15, 0.2) is 0 Å². The Morgan fingerprint density at radius 3 is 3.05 bits per heavy atom. The summed E-state index contributed by atoms with van der Waals surface area (Å²) in [6, 6.07) is 4.60. The SMILES string of the molecule is COCCOC1CCCN(C(=O)c2cccc(=O)[nH]2)C1. The lowest BCUT2D eigenvalue weighted by molar-refractivity contribution is -0.0173. The first kappa shape index (κ1) is 14.7. The van der Waals surface area contributed by atoms with Crippen molar-refractivity contribution in [3.63, 3.8) is 0 Å². The van der Waals surface area contributed by atoms with E-state index in [1.165, 1.54) is 6.07 Å². The third kappa shape index (κ3) is 3.91. The van der Waals surface area contributed by atoms with Gasteiger partial charge in [-0.1, -0.05) is 6.07 Å². The third-order valence-corrected chi connectivity index (χ3v) is 3.31. The monoisotopic (exact) mass is 280 g/mol. The molecule has 1 N–H and O–H groups in total. The summed E-state index contributed by atoms with van der Waals surface area (Å²) >= 11 is 0. The number of aromatic amines is 1. The molecule has 20 heavy (non-hydrogen) atoms. The summed E-state index contributed by atoms with van der Waals surface area (Å²) in [5, 5.41) is 0. The van der Waals surface area contributed by atoms with Gasteiger partial charge in [0.2, 0.25) is 5.56 Å². The van der Waals surface area contributed by atoms with E-state index in [0.717, 1.165) is 12.8 Å². The summed E-state index contributed by atoms with van der Waals surface area (Å²) < 4.78 is 10.6. The van der Waals surface area contributed by atoms with Gasteiger partial charge in [0.25, 0.3) is 5.91 Å². The fourth-order valence-corrected chi connectivity index (χ4v) is 2.30.